The molecular weight excluding hydrogens is 240 g/mol. The van der Waals surface area contributed by atoms with Crippen molar-refractivity contribution in [2.75, 3.05) is 13.2 Å². The molecule has 0 saturated heterocycles. The summed E-state index contributed by atoms with van der Waals surface area (Å²) in [4.78, 5) is 19.9. The molecule has 0 amide bonds. The molecule has 1 atom stereocenters. The minimum Gasteiger partial charge on any atom is -0.531 e. The number of esters is 1. The molecule has 0 aromatic carbocycles. The molecule has 0 aromatic rings. The van der Waals surface area contributed by atoms with Gasteiger partial charge in [0, 0.05) is 5.57 Å². The van der Waals surface area contributed by atoms with E-state index in [1.165, 1.54) is 6.92 Å². The molecule has 94 valence electrons. The van der Waals surface area contributed by atoms with Crippen LogP contribution in [0.15, 0.2) is 12.2 Å². The standard InChI is InChI=1S/C6H10O3.C3H5ClO3/c1-5(2)6(8)9-4-3-7;1-2(4)7-3(5)6/h7H,1,3-4H2,2H3;2H,1H3,(H,5,6)/p-1. The van der Waals surface area contributed by atoms with Crippen molar-refractivity contribution in [3.63, 3.8) is 0 Å². The van der Waals surface area contributed by atoms with Crippen molar-refractivity contribution in [3.05, 3.63) is 12.2 Å². The molecule has 0 aliphatic rings. The van der Waals surface area contributed by atoms with Crippen LogP contribution in [0.4, 0.5) is 4.79 Å². The molecule has 0 aliphatic heterocycles. The van der Waals surface area contributed by atoms with Gasteiger partial charge >= 0.3 is 5.97 Å². The molecule has 0 radical (unpaired) electrons. The number of alkyl halides is 1. The fourth-order valence-corrected chi connectivity index (χ4v) is 0.467. The SMILES string of the molecule is C=C(C)C(=O)OCCO.CC(Cl)OC(=O)[O-]. The molecule has 1 unspecified atom stereocenters. The van der Waals surface area contributed by atoms with E-state index < -0.39 is 17.7 Å². The van der Waals surface area contributed by atoms with Gasteiger partial charge in [0.2, 0.25) is 0 Å². The van der Waals surface area contributed by atoms with Crippen LogP contribution in [0.3, 0.4) is 0 Å². The highest BCUT2D eigenvalue weighted by Crippen LogP contribution is 1.92. The maximum absolute atomic E-state index is 10.5. The van der Waals surface area contributed by atoms with Gasteiger partial charge in [0.1, 0.15) is 12.2 Å². The summed E-state index contributed by atoms with van der Waals surface area (Å²) in [6.07, 6.45) is -1.59. The molecule has 0 spiro atoms. The van der Waals surface area contributed by atoms with Gasteiger partial charge < -0.3 is 24.5 Å². The molecule has 16 heavy (non-hydrogen) atoms. The lowest BCUT2D eigenvalue weighted by Crippen LogP contribution is -2.25. The van der Waals surface area contributed by atoms with Crippen molar-refractivity contribution in [2.45, 2.75) is 19.4 Å². The Hall–Kier alpha value is -1.27. The summed E-state index contributed by atoms with van der Waals surface area (Å²) in [6.45, 7) is 6.20. The lowest BCUT2D eigenvalue weighted by molar-refractivity contribution is -0.283. The Labute approximate surface area is 98.4 Å². The molecule has 0 heterocycles. The van der Waals surface area contributed by atoms with Crippen LogP contribution >= 0.6 is 11.6 Å². The van der Waals surface area contributed by atoms with E-state index in [2.05, 4.69) is 16.1 Å². The van der Waals surface area contributed by atoms with E-state index in [1.807, 2.05) is 0 Å². The molecule has 0 aromatic heterocycles. The summed E-state index contributed by atoms with van der Waals surface area (Å²) >= 11 is 5.03. The lowest BCUT2D eigenvalue weighted by atomic mass is 10.4. The fraction of sp³-hybridized carbons (Fsp3) is 0.556. The Morgan fingerprint density at radius 1 is 1.56 bits per heavy atom. The van der Waals surface area contributed by atoms with E-state index in [9.17, 15) is 14.7 Å². The predicted octanol–water partition coefficient (Wildman–Crippen LogP) is 0.0291. The van der Waals surface area contributed by atoms with Gasteiger partial charge in [-0.2, -0.15) is 0 Å². The summed E-state index contributed by atoms with van der Waals surface area (Å²) in [6, 6.07) is 0. The van der Waals surface area contributed by atoms with Crippen molar-refractivity contribution in [1.82, 2.24) is 0 Å². The minimum atomic E-state index is -1.59. The largest absolute Gasteiger partial charge is 0.531 e. The van der Waals surface area contributed by atoms with E-state index in [0.717, 1.165) is 0 Å². The van der Waals surface area contributed by atoms with Gasteiger partial charge in [0.25, 0.3) is 6.16 Å². The first-order chi connectivity index (χ1) is 7.31. The first-order valence-electron chi connectivity index (χ1n) is 4.26. The third-order valence-electron chi connectivity index (χ3n) is 0.932. The molecular formula is C9H14ClO6-. The second kappa shape index (κ2) is 10.3. The molecule has 0 rings (SSSR count). The van der Waals surface area contributed by atoms with Crippen molar-refractivity contribution in [3.8, 4) is 0 Å². The Bertz CT molecular complexity index is 238. The van der Waals surface area contributed by atoms with Crippen molar-refractivity contribution < 1.29 is 29.3 Å². The summed E-state index contributed by atoms with van der Waals surface area (Å²) in [5, 5.41) is 17.6. The van der Waals surface area contributed by atoms with Crippen LogP contribution in [0.1, 0.15) is 13.8 Å². The van der Waals surface area contributed by atoms with Crippen molar-refractivity contribution in [2.24, 2.45) is 0 Å². The topological polar surface area (TPSA) is 95.9 Å². The second-order valence-corrected chi connectivity index (χ2v) is 3.17. The number of hydrogen-bond acceptors (Lipinski definition) is 6. The number of hydrogen-bond donors (Lipinski definition) is 1. The normalized spacial score (nSPS) is 10.5. The van der Waals surface area contributed by atoms with Crippen LogP contribution in [0.5, 0.6) is 0 Å². The highest BCUT2D eigenvalue weighted by atomic mass is 35.5. The van der Waals surface area contributed by atoms with Crippen LogP contribution in [-0.4, -0.2) is 36.0 Å². The van der Waals surface area contributed by atoms with Gasteiger partial charge in [0.15, 0.2) is 0 Å². The zero-order valence-corrected chi connectivity index (χ0v) is 9.82. The van der Waals surface area contributed by atoms with E-state index >= 15 is 0 Å². The first-order valence-corrected chi connectivity index (χ1v) is 4.70. The summed E-state index contributed by atoms with van der Waals surface area (Å²) in [5.74, 6) is -0.455. The van der Waals surface area contributed by atoms with Gasteiger partial charge in [-0.25, -0.2) is 4.79 Å². The molecule has 6 nitrogen and oxygen atoms in total. The molecule has 0 aliphatic carbocycles. The summed E-state index contributed by atoms with van der Waals surface area (Å²) < 4.78 is 8.29. The zero-order valence-electron chi connectivity index (χ0n) is 9.07. The van der Waals surface area contributed by atoms with E-state index in [0.29, 0.717) is 5.57 Å². The third kappa shape index (κ3) is 15.2. The van der Waals surface area contributed by atoms with Crippen molar-refractivity contribution in [1.29, 1.82) is 0 Å². The Morgan fingerprint density at radius 3 is 2.25 bits per heavy atom. The summed E-state index contributed by atoms with van der Waals surface area (Å²) in [7, 11) is 0. The minimum absolute atomic E-state index is 0.0473. The van der Waals surface area contributed by atoms with Crippen LogP contribution in [0, 0.1) is 0 Å². The van der Waals surface area contributed by atoms with E-state index in [1.54, 1.807) is 6.92 Å². The number of carbonyl (C=O) groups is 2. The zero-order chi connectivity index (χ0) is 13.1. The molecule has 1 N–H and O–H groups in total. The Kier molecular flexibility index (Phi) is 11.0. The van der Waals surface area contributed by atoms with Gasteiger partial charge in [0.05, 0.1) is 6.61 Å². The molecule has 0 saturated carbocycles. The number of carboxylic acid groups (broad SMARTS) is 1. The maximum Gasteiger partial charge on any atom is 0.333 e. The first kappa shape index (κ1) is 17.1. The number of aliphatic hydroxyl groups is 1. The fourth-order valence-electron chi connectivity index (χ4n) is 0.394. The number of ether oxygens (including phenoxy) is 2. The average molecular weight is 254 g/mol. The van der Waals surface area contributed by atoms with Gasteiger partial charge in [-0.1, -0.05) is 18.2 Å². The smallest absolute Gasteiger partial charge is 0.333 e. The monoisotopic (exact) mass is 253 g/mol. The van der Waals surface area contributed by atoms with Gasteiger partial charge in [-0.3, -0.25) is 0 Å². The summed E-state index contributed by atoms with van der Waals surface area (Å²) in [5.41, 5.74) is -0.464. The van der Waals surface area contributed by atoms with Crippen LogP contribution in [0.25, 0.3) is 0 Å². The number of carbonyl (C=O) groups excluding carboxylic acids is 2. The highest BCUT2D eigenvalue weighted by Gasteiger charge is 1.99. The highest BCUT2D eigenvalue weighted by molar-refractivity contribution is 6.19. The van der Waals surface area contributed by atoms with Gasteiger partial charge in [-0.15, -0.1) is 0 Å². The number of aliphatic hydroxyl groups excluding tert-OH is 1. The molecule has 7 heteroatoms. The average Bonchev–Trinajstić information content (AvgIpc) is 2.12. The Morgan fingerprint density at radius 2 is 2.06 bits per heavy atom. The quantitative estimate of drug-likeness (QED) is 0.431. The van der Waals surface area contributed by atoms with Gasteiger partial charge in [-0.05, 0) is 13.8 Å². The maximum atomic E-state index is 10.5. The van der Waals surface area contributed by atoms with E-state index in [4.69, 9.17) is 16.7 Å². The molecule has 0 fully saturated rings. The van der Waals surface area contributed by atoms with Crippen LogP contribution in [-0.2, 0) is 14.3 Å². The molecule has 0 bridgehead atoms. The van der Waals surface area contributed by atoms with Crippen LogP contribution < -0.4 is 5.11 Å². The third-order valence-corrected chi connectivity index (χ3v) is 1.02. The number of halogens is 1. The van der Waals surface area contributed by atoms with E-state index in [-0.39, 0.29) is 13.2 Å². The number of rotatable bonds is 4. The predicted molar refractivity (Wildman–Crippen MR) is 54.7 cm³/mol. The van der Waals surface area contributed by atoms with Crippen LogP contribution in [0.2, 0.25) is 0 Å². The lowest BCUT2D eigenvalue weighted by Gasteiger charge is -2.07. The van der Waals surface area contributed by atoms with Crippen molar-refractivity contribution >= 4 is 23.7 Å². The Balaban J connectivity index is 0. The second-order valence-electron chi connectivity index (χ2n) is 2.55.